The van der Waals surface area contributed by atoms with Gasteiger partial charge in [-0.3, -0.25) is 4.90 Å². The fraction of sp³-hybridized carbons (Fsp3) is 0.333. The molecule has 160 valence electrons. The van der Waals surface area contributed by atoms with E-state index in [1.807, 2.05) is 24.3 Å². The van der Waals surface area contributed by atoms with Crippen molar-refractivity contribution in [2.24, 2.45) is 5.92 Å². The van der Waals surface area contributed by atoms with Crippen LogP contribution in [0.4, 0.5) is 8.78 Å². The van der Waals surface area contributed by atoms with Gasteiger partial charge in [0.1, 0.15) is 11.6 Å². The van der Waals surface area contributed by atoms with Crippen LogP contribution in [0.15, 0.2) is 78.9 Å². The van der Waals surface area contributed by atoms with Gasteiger partial charge in [-0.05, 0) is 66.7 Å². The second-order valence-corrected chi connectivity index (χ2v) is 8.81. The van der Waals surface area contributed by atoms with E-state index < -0.39 is 0 Å². The van der Waals surface area contributed by atoms with Gasteiger partial charge in [-0.2, -0.15) is 0 Å². The average Bonchev–Trinajstić information content (AvgIpc) is 2.81. The predicted molar refractivity (Wildman–Crippen MR) is 120 cm³/mol. The lowest BCUT2D eigenvalue weighted by atomic mass is 9.70. The SMILES string of the molecule is Fc1cccc(C(c2ccccc2F)[C@H]2[C@H](NCc3ccccc3)C3CCN2CC3)c1. The number of nitrogens with zero attached hydrogens (tertiary/aromatic N) is 1. The van der Waals surface area contributed by atoms with Gasteiger partial charge in [-0.25, -0.2) is 8.78 Å². The number of benzene rings is 3. The van der Waals surface area contributed by atoms with Gasteiger partial charge in [-0.1, -0.05) is 60.7 Å². The molecule has 2 bridgehead atoms. The monoisotopic (exact) mass is 418 g/mol. The fourth-order valence-corrected chi connectivity index (χ4v) is 5.61. The second-order valence-electron chi connectivity index (χ2n) is 8.81. The molecule has 0 amide bonds. The molecule has 0 spiro atoms. The first kappa shape index (κ1) is 20.3. The molecule has 3 aromatic rings. The molecule has 0 aliphatic carbocycles. The van der Waals surface area contributed by atoms with Crippen molar-refractivity contribution < 1.29 is 8.78 Å². The number of rotatable bonds is 6. The third-order valence-corrected chi connectivity index (χ3v) is 7.05. The van der Waals surface area contributed by atoms with Crippen LogP contribution in [0.3, 0.4) is 0 Å². The molecule has 3 saturated heterocycles. The molecule has 1 N–H and O–H groups in total. The minimum Gasteiger partial charge on any atom is -0.308 e. The summed E-state index contributed by atoms with van der Waals surface area (Å²) in [5.41, 5.74) is 2.73. The lowest BCUT2D eigenvalue weighted by Gasteiger charge is -2.54. The molecular formula is C27H28F2N2. The first-order valence-electron chi connectivity index (χ1n) is 11.2. The van der Waals surface area contributed by atoms with Crippen LogP contribution in [0, 0.1) is 17.6 Å². The smallest absolute Gasteiger partial charge is 0.127 e. The van der Waals surface area contributed by atoms with Crippen molar-refractivity contribution in [1.82, 2.24) is 10.2 Å². The summed E-state index contributed by atoms with van der Waals surface area (Å²) in [6.07, 6.45) is 2.30. The van der Waals surface area contributed by atoms with Crippen LogP contribution in [0.1, 0.15) is 35.4 Å². The first-order chi connectivity index (χ1) is 15.2. The number of hydrogen-bond donors (Lipinski definition) is 1. The standard InChI is InChI=1S/C27H28F2N2/c28-22-10-6-9-21(17-22)25(23-11-4-5-12-24(23)29)27-26(20-13-15-31(27)16-14-20)30-18-19-7-2-1-3-8-19/h1-12,17,20,25-27,30H,13-16,18H2/t25?,26-,27+/m1/s1. The Morgan fingerprint density at radius 2 is 1.61 bits per heavy atom. The molecule has 31 heavy (non-hydrogen) atoms. The van der Waals surface area contributed by atoms with E-state index >= 15 is 4.39 Å². The lowest BCUT2D eigenvalue weighted by molar-refractivity contribution is 0.00422. The van der Waals surface area contributed by atoms with Gasteiger partial charge < -0.3 is 5.32 Å². The normalized spacial score (nSPS) is 26.0. The molecule has 0 radical (unpaired) electrons. The van der Waals surface area contributed by atoms with E-state index in [4.69, 9.17) is 0 Å². The molecule has 1 unspecified atom stereocenters. The second kappa shape index (κ2) is 8.89. The van der Waals surface area contributed by atoms with Crippen LogP contribution < -0.4 is 5.32 Å². The van der Waals surface area contributed by atoms with Crippen molar-refractivity contribution >= 4 is 0 Å². The molecule has 3 aliphatic heterocycles. The van der Waals surface area contributed by atoms with E-state index in [1.54, 1.807) is 18.2 Å². The zero-order chi connectivity index (χ0) is 21.2. The summed E-state index contributed by atoms with van der Waals surface area (Å²) in [6, 6.07) is 24.4. The highest BCUT2D eigenvalue weighted by Gasteiger charge is 2.46. The van der Waals surface area contributed by atoms with E-state index in [2.05, 4.69) is 34.5 Å². The van der Waals surface area contributed by atoms with Crippen LogP contribution in [-0.4, -0.2) is 30.1 Å². The fourth-order valence-electron chi connectivity index (χ4n) is 5.61. The van der Waals surface area contributed by atoms with Gasteiger partial charge in [0.2, 0.25) is 0 Å². The largest absolute Gasteiger partial charge is 0.308 e. The van der Waals surface area contributed by atoms with Crippen molar-refractivity contribution in [3.8, 4) is 0 Å². The van der Waals surface area contributed by atoms with Gasteiger partial charge in [0.15, 0.2) is 0 Å². The molecule has 0 aromatic heterocycles. The Morgan fingerprint density at radius 1 is 0.871 bits per heavy atom. The summed E-state index contributed by atoms with van der Waals surface area (Å²) < 4.78 is 29.3. The van der Waals surface area contributed by atoms with Gasteiger partial charge in [0.05, 0.1) is 0 Å². The van der Waals surface area contributed by atoms with Crippen molar-refractivity contribution in [1.29, 1.82) is 0 Å². The van der Waals surface area contributed by atoms with Crippen molar-refractivity contribution in [3.63, 3.8) is 0 Å². The van der Waals surface area contributed by atoms with Crippen LogP contribution in [-0.2, 0) is 6.54 Å². The summed E-state index contributed by atoms with van der Waals surface area (Å²) in [5, 5.41) is 3.82. The van der Waals surface area contributed by atoms with Crippen LogP contribution in [0.5, 0.6) is 0 Å². The zero-order valence-electron chi connectivity index (χ0n) is 17.6. The van der Waals surface area contributed by atoms with E-state index in [0.717, 1.165) is 38.0 Å². The number of hydrogen-bond acceptors (Lipinski definition) is 2. The van der Waals surface area contributed by atoms with Crippen molar-refractivity contribution in [2.45, 2.75) is 37.4 Å². The Labute approximate surface area is 182 Å². The molecule has 3 fully saturated rings. The molecule has 0 saturated carbocycles. The first-order valence-corrected chi connectivity index (χ1v) is 11.2. The summed E-state index contributed by atoms with van der Waals surface area (Å²) in [4.78, 5) is 2.49. The van der Waals surface area contributed by atoms with Gasteiger partial charge in [0, 0.05) is 24.5 Å². The summed E-state index contributed by atoms with van der Waals surface area (Å²) in [6.45, 7) is 2.80. The highest BCUT2D eigenvalue weighted by atomic mass is 19.1. The van der Waals surface area contributed by atoms with E-state index in [0.29, 0.717) is 11.5 Å². The van der Waals surface area contributed by atoms with Crippen LogP contribution >= 0.6 is 0 Å². The quantitative estimate of drug-likeness (QED) is 0.581. The summed E-state index contributed by atoms with van der Waals surface area (Å²) in [5.74, 6) is -0.181. The van der Waals surface area contributed by atoms with Gasteiger partial charge in [-0.15, -0.1) is 0 Å². The zero-order valence-corrected chi connectivity index (χ0v) is 17.6. The molecule has 3 atom stereocenters. The highest BCUT2D eigenvalue weighted by molar-refractivity contribution is 5.37. The molecule has 3 heterocycles. The van der Waals surface area contributed by atoms with E-state index in [-0.39, 0.29) is 29.6 Å². The minimum absolute atomic E-state index is 0.0786. The van der Waals surface area contributed by atoms with Crippen molar-refractivity contribution in [3.05, 3.63) is 107 Å². The molecule has 3 aliphatic rings. The number of piperidine rings is 3. The predicted octanol–water partition coefficient (Wildman–Crippen LogP) is 5.35. The number of fused-ring (bicyclic) bond motifs is 3. The summed E-state index contributed by atoms with van der Waals surface area (Å²) in [7, 11) is 0. The van der Waals surface area contributed by atoms with Gasteiger partial charge in [0.25, 0.3) is 0 Å². The Hall–Kier alpha value is -2.56. The maximum atomic E-state index is 15.1. The third kappa shape index (κ3) is 4.15. The molecule has 2 nitrogen and oxygen atoms in total. The van der Waals surface area contributed by atoms with Crippen LogP contribution in [0.2, 0.25) is 0 Å². The molecule has 6 rings (SSSR count). The Bertz CT molecular complexity index is 1010. The Kier molecular flexibility index (Phi) is 5.84. The molecule has 4 heteroatoms. The van der Waals surface area contributed by atoms with Gasteiger partial charge >= 0.3 is 0 Å². The van der Waals surface area contributed by atoms with Crippen molar-refractivity contribution in [2.75, 3.05) is 13.1 Å². The molecular weight excluding hydrogens is 390 g/mol. The van der Waals surface area contributed by atoms with E-state index in [9.17, 15) is 4.39 Å². The van der Waals surface area contributed by atoms with E-state index in [1.165, 1.54) is 17.7 Å². The number of nitrogens with one attached hydrogen (secondary N) is 1. The maximum absolute atomic E-state index is 15.1. The van der Waals surface area contributed by atoms with Crippen LogP contribution in [0.25, 0.3) is 0 Å². The maximum Gasteiger partial charge on any atom is 0.127 e. The molecule has 3 aromatic carbocycles. The minimum atomic E-state index is -0.274. The Morgan fingerprint density at radius 3 is 2.35 bits per heavy atom. The Balaban J connectivity index is 1.54. The highest BCUT2D eigenvalue weighted by Crippen LogP contribution is 2.42. The third-order valence-electron chi connectivity index (χ3n) is 7.05. The average molecular weight is 419 g/mol. The lowest BCUT2D eigenvalue weighted by Crippen LogP contribution is -2.64. The summed E-state index contributed by atoms with van der Waals surface area (Å²) >= 11 is 0. The topological polar surface area (TPSA) is 15.3 Å². The number of halogens is 2.